The van der Waals surface area contributed by atoms with Crippen molar-refractivity contribution in [1.82, 2.24) is 15.1 Å². The Balaban J connectivity index is 2.11. The number of aromatic nitrogens is 2. The lowest BCUT2D eigenvalue weighted by molar-refractivity contribution is -0.141. The van der Waals surface area contributed by atoms with Crippen molar-refractivity contribution in [1.29, 1.82) is 0 Å². The van der Waals surface area contributed by atoms with E-state index in [2.05, 4.69) is 10.4 Å². The second-order valence-electron chi connectivity index (χ2n) is 4.53. The highest BCUT2D eigenvalue weighted by atomic mass is 16.4. The van der Waals surface area contributed by atoms with Gasteiger partial charge in [-0.15, -0.1) is 0 Å². The van der Waals surface area contributed by atoms with Crippen molar-refractivity contribution >= 4 is 11.9 Å². The van der Waals surface area contributed by atoms with Crippen molar-refractivity contribution in [2.45, 2.75) is 19.1 Å². The molecule has 0 spiro atoms. The van der Waals surface area contributed by atoms with Gasteiger partial charge in [0.05, 0.1) is 11.8 Å². The average molecular weight is 289 g/mol. The van der Waals surface area contributed by atoms with Gasteiger partial charge >= 0.3 is 5.97 Å². The van der Waals surface area contributed by atoms with Crippen LogP contribution in [0, 0.1) is 0 Å². The molecule has 0 fully saturated rings. The zero-order valence-electron chi connectivity index (χ0n) is 11.3. The van der Waals surface area contributed by atoms with Gasteiger partial charge < -0.3 is 15.5 Å². The van der Waals surface area contributed by atoms with Crippen LogP contribution in [0.1, 0.15) is 17.3 Å². The summed E-state index contributed by atoms with van der Waals surface area (Å²) < 4.78 is 1.64. The fourth-order valence-corrected chi connectivity index (χ4v) is 1.80. The lowest BCUT2D eigenvalue weighted by atomic mass is 10.1. The molecule has 0 aliphatic carbocycles. The molecule has 0 aliphatic rings. The second-order valence-corrected chi connectivity index (χ2v) is 4.53. The Morgan fingerprint density at radius 1 is 1.29 bits per heavy atom. The Morgan fingerprint density at radius 3 is 2.43 bits per heavy atom. The number of rotatable bonds is 5. The Kier molecular flexibility index (Phi) is 4.34. The molecule has 110 valence electrons. The van der Waals surface area contributed by atoms with Crippen LogP contribution in [0.3, 0.4) is 0 Å². The number of aliphatic hydroxyl groups excluding tert-OH is 1. The van der Waals surface area contributed by atoms with Crippen LogP contribution in [0.2, 0.25) is 0 Å². The number of carbonyl (C=O) groups is 2. The van der Waals surface area contributed by atoms with Gasteiger partial charge in [0.25, 0.3) is 5.91 Å². The largest absolute Gasteiger partial charge is 0.480 e. The number of hydrogen-bond donors (Lipinski definition) is 3. The lowest BCUT2D eigenvalue weighted by Crippen LogP contribution is -2.47. The van der Waals surface area contributed by atoms with Crippen LogP contribution in [0.15, 0.2) is 42.7 Å². The molecule has 2 atom stereocenters. The summed E-state index contributed by atoms with van der Waals surface area (Å²) in [5.41, 5.74) is 1.08. The minimum atomic E-state index is -1.34. The van der Waals surface area contributed by atoms with Crippen molar-refractivity contribution in [2.75, 3.05) is 0 Å². The predicted molar refractivity (Wildman–Crippen MR) is 74.1 cm³/mol. The van der Waals surface area contributed by atoms with E-state index in [1.807, 2.05) is 0 Å². The molecule has 2 rings (SSSR count). The summed E-state index contributed by atoms with van der Waals surface area (Å²) in [7, 11) is 0. The number of carboxylic acid groups (broad SMARTS) is 1. The number of nitrogens with zero attached hydrogens (tertiary/aromatic N) is 2. The molecule has 2 aromatic rings. The SMILES string of the molecule is C[C@@H](O)[C@H](NC(=O)c1ccc(-n2cccn2)cc1)C(=O)O. The number of amides is 1. The molecule has 1 aromatic heterocycles. The minimum Gasteiger partial charge on any atom is -0.480 e. The molecule has 3 N–H and O–H groups in total. The third-order valence-corrected chi connectivity index (χ3v) is 2.93. The molecule has 21 heavy (non-hydrogen) atoms. The van der Waals surface area contributed by atoms with Gasteiger partial charge in [-0.2, -0.15) is 5.10 Å². The van der Waals surface area contributed by atoms with E-state index in [0.29, 0.717) is 5.56 Å². The summed E-state index contributed by atoms with van der Waals surface area (Å²) in [6.07, 6.45) is 2.22. The average Bonchev–Trinajstić information content (AvgIpc) is 2.98. The number of nitrogens with one attached hydrogen (secondary N) is 1. The first-order valence-electron chi connectivity index (χ1n) is 6.31. The number of aliphatic carboxylic acids is 1. The summed E-state index contributed by atoms with van der Waals surface area (Å²) in [6.45, 7) is 1.31. The topological polar surface area (TPSA) is 104 Å². The monoisotopic (exact) mass is 289 g/mol. The number of hydrogen-bond acceptors (Lipinski definition) is 4. The highest BCUT2D eigenvalue weighted by Crippen LogP contribution is 2.09. The molecule has 1 heterocycles. The van der Waals surface area contributed by atoms with Crippen molar-refractivity contribution in [3.05, 3.63) is 48.3 Å². The third kappa shape index (κ3) is 3.46. The van der Waals surface area contributed by atoms with Gasteiger partial charge in [0.1, 0.15) is 0 Å². The number of carbonyl (C=O) groups excluding carboxylic acids is 1. The first-order chi connectivity index (χ1) is 9.99. The summed E-state index contributed by atoms with van der Waals surface area (Å²) in [6, 6.07) is 6.95. The maximum Gasteiger partial charge on any atom is 0.328 e. The van der Waals surface area contributed by atoms with E-state index in [1.165, 1.54) is 6.92 Å². The Morgan fingerprint density at radius 2 is 1.95 bits per heavy atom. The molecule has 0 saturated heterocycles. The van der Waals surface area contributed by atoms with Crippen LogP contribution < -0.4 is 5.32 Å². The molecule has 0 aliphatic heterocycles. The molecular formula is C14H15N3O4. The molecular weight excluding hydrogens is 274 g/mol. The molecule has 1 aromatic carbocycles. The second kappa shape index (κ2) is 6.19. The summed E-state index contributed by atoms with van der Waals surface area (Å²) >= 11 is 0. The van der Waals surface area contributed by atoms with E-state index in [4.69, 9.17) is 5.11 Å². The van der Waals surface area contributed by atoms with Crippen LogP contribution in [0.25, 0.3) is 5.69 Å². The Bertz CT molecular complexity index is 620. The zero-order chi connectivity index (χ0) is 15.4. The van der Waals surface area contributed by atoms with Crippen molar-refractivity contribution in [2.24, 2.45) is 0 Å². The van der Waals surface area contributed by atoms with Crippen molar-refractivity contribution in [3.63, 3.8) is 0 Å². The molecule has 0 radical (unpaired) electrons. The van der Waals surface area contributed by atoms with E-state index in [1.54, 1.807) is 47.4 Å². The fourth-order valence-electron chi connectivity index (χ4n) is 1.80. The summed E-state index contributed by atoms with van der Waals surface area (Å²) in [4.78, 5) is 22.9. The molecule has 1 amide bonds. The van der Waals surface area contributed by atoms with Gasteiger partial charge in [0.2, 0.25) is 0 Å². The Hall–Kier alpha value is -2.67. The first-order valence-corrected chi connectivity index (χ1v) is 6.31. The van der Waals surface area contributed by atoms with Crippen molar-refractivity contribution < 1.29 is 19.8 Å². The van der Waals surface area contributed by atoms with Crippen molar-refractivity contribution in [3.8, 4) is 5.69 Å². The number of benzene rings is 1. The Labute approximate surface area is 120 Å². The first kappa shape index (κ1) is 14.7. The highest BCUT2D eigenvalue weighted by molar-refractivity contribution is 5.96. The van der Waals surface area contributed by atoms with E-state index in [9.17, 15) is 14.7 Å². The maximum atomic E-state index is 12.0. The fraction of sp³-hybridized carbons (Fsp3) is 0.214. The molecule has 0 bridgehead atoms. The molecule has 7 heteroatoms. The van der Waals surface area contributed by atoms with E-state index in [0.717, 1.165) is 5.69 Å². The minimum absolute atomic E-state index is 0.304. The summed E-state index contributed by atoms with van der Waals surface area (Å²) in [5, 5.41) is 24.6. The summed E-state index contributed by atoms with van der Waals surface area (Å²) in [5.74, 6) is -1.85. The molecule has 0 unspecified atom stereocenters. The normalized spacial score (nSPS) is 13.4. The van der Waals surface area contributed by atoms with Gasteiger partial charge in [-0.25, -0.2) is 9.48 Å². The van der Waals surface area contributed by atoms with E-state index < -0.39 is 24.0 Å². The van der Waals surface area contributed by atoms with Crippen LogP contribution in [-0.4, -0.2) is 44.0 Å². The quantitative estimate of drug-likeness (QED) is 0.740. The van der Waals surface area contributed by atoms with Crippen LogP contribution >= 0.6 is 0 Å². The van der Waals surface area contributed by atoms with E-state index >= 15 is 0 Å². The van der Waals surface area contributed by atoms with Gasteiger partial charge in [-0.3, -0.25) is 4.79 Å². The lowest BCUT2D eigenvalue weighted by Gasteiger charge is -2.17. The van der Waals surface area contributed by atoms with Gasteiger partial charge in [-0.05, 0) is 37.3 Å². The standard InChI is InChI=1S/C14H15N3O4/c1-9(18)12(14(20)21)16-13(19)10-3-5-11(6-4-10)17-8-2-7-15-17/h2-9,12,18H,1H3,(H,16,19)(H,20,21)/t9-,12+/m1/s1. The molecule has 7 nitrogen and oxygen atoms in total. The highest BCUT2D eigenvalue weighted by Gasteiger charge is 2.25. The van der Waals surface area contributed by atoms with Crippen LogP contribution in [-0.2, 0) is 4.79 Å². The number of aliphatic hydroxyl groups is 1. The maximum absolute atomic E-state index is 12.0. The van der Waals surface area contributed by atoms with E-state index in [-0.39, 0.29) is 0 Å². The van der Waals surface area contributed by atoms with Gasteiger partial charge in [-0.1, -0.05) is 0 Å². The predicted octanol–water partition coefficient (Wildman–Crippen LogP) is 0.436. The number of carboxylic acids is 1. The zero-order valence-corrected chi connectivity index (χ0v) is 11.3. The van der Waals surface area contributed by atoms with Crippen LogP contribution in [0.4, 0.5) is 0 Å². The molecule has 0 saturated carbocycles. The third-order valence-electron chi connectivity index (χ3n) is 2.93. The van der Waals surface area contributed by atoms with Gasteiger partial charge in [0.15, 0.2) is 6.04 Å². The van der Waals surface area contributed by atoms with Gasteiger partial charge in [0, 0.05) is 18.0 Å². The van der Waals surface area contributed by atoms with Crippen LogP contribution in [0.5, 0.6) is 0 Å². The smallest absolute Gasteiger partial charge is 0.328 e.